The monoisotopic (exact) mass is 201 g/mol. The minimum Gasteiger partial charge on any atom is -0.386 e. The average molecular weight is 201 g/mol. The van der Waals surface area contributed by atoms with Crippen LogP contribution in [0.15, 0.2) is 0 Å². The molecule has 2 N–H and O–H groups in total. The van der Waals surface area contributed by atoms with E-state index in [0.29, 0.717) is 6.42 Å². The molecule has 0 spiro atoms. The second-order valence-corrected chi connectivity index (χ2v) is 3.18. The van der Waals surface area contributed by atoms with Crippen molar-refractivity contribution < 1.29 is 19.1 Å². The summed E-state index contributed by atoms with van der Waals surface area (Å²) >= 11 is 0. The molecule has 0 saturated heterocycles. The maximum absolute atomic E-state index is 11.1. The minimum atomic E-state index is -1.16. The van der Waals surface area contributed by atoms with E-state index in [2.05, 4.69) is 4.74 Å². The normalized spacial score (nSPS) is 14.3. The molecule has 0 aromatic rings. The Balaban J connectivity index is 4.21. The molecular formula is C9H15NO4. The molecule has 0 unspecified atom stereocenters. The Hall–Kier alpha value is -1.23. The molecule has 0 amide bonds. The number of esters is 2. The molecule has 0 aromatic carbocycles. The van der Waals surface area contributed by atoms with Crippen LogP contribution in [0.2, 0.25) is 0 Å². The second kappa shape index (κ2) is 5.49. The molecule has 2 atom stereocenters. The van der Waals surface area contributed by atoms with Gasteiger partial charge in [0.1, 0.15) is 6.04 Å². The molecule has 0 aliphatic carbocycles. The first-order valence-corrected chi connectivity index (χ1v) is 4.42. The maximum atomic E-state index is 11.1. The Bertz CT molecular complexity index is 249. The molecule has 5 nitrogen and oxygen atoms in total. The summed E-state index contributed by atoms with van der Waals surface area (Å²) in [6, 6.07) is -0.858. The number of ketones is 1. The topological polar surface area (TPSA) is 86.5 Å². The third-order valence-corrected chi connectivity index (χ3v) is 2.01. The molecule has 14 heavy (non-hydrogen) atoms. The highest BCUT2D eigenvalue weighted by Crippen LogP contribution is 2.06. The van der Waals surface area contributed by atoms with Crippen molar-refractivity contribution in [3.8, 4) is 0 Å². The van der Waals surface area contributed by atoms with Crippen LogP contribution in [0.5, 0.6) is 0 Å². The molecule has 0 bridgehead atoms. The van der Waals surface area contributed by atoms with Crippen molar-refractivity contribution in [1.82, 2.24) is 0 Å². The molecule has 0 aliphatic rings. The highest BCUT2D eigenvalue weighted by Gasteiger charge is 2.24. The fraction of sp³-hybridized carbons (Fsp3) is 0.667. The molecule has 0 aromatic heterocycles. The van der Waals surface area contributed by atoms with Gasteiger partial charge in [0.25, 0.3) is 0 Å². The summed E-state index contributed by atoms with van der Waals surface area (Å²) in [5.74, 6) is -2.90. The van der Waals surface area contributed by atoms with Crippen molar-refractivity contribution in [1.29, 1.82) is 0 Å². The van der Waals surface area contributed by atoms with Gasteiger partial charge in [-0.1, -0.05) is 20.3 Å². The summed E-state index contributed by atoms with van der Waals surface area (Å²) in [4.78, 5) is 32.3. The Morgan fingerprint density at radius 1 is 1.36 bits per heavy atom. The predicted molar refractivity (Wildman–Crippen MR) is 49.2 cm³/mol. The van der Waals surface area contributed by atoms with E-state index in [9.17, 15) is 14.4 Å². The van der Waals surface area contributed by atoms with Gasteiger partial charge in [0, 0.05) is 6.92 Å². The van der Waals surface area contributed by atoms with Gasteiger partial charge in [0.2, 0.25) is 5.78 Å². The first-order valence-electron chi connectivity index (χ1n) is 4.42. The molecule has 0 saturated carbocycles. The summed E-state index contributed by atoms with van der Waals surface area (Å²) in [5.41, 5.74) is 5.48. The summed E-state index contributed by atoms with van der Waals surface area (Å²) in [6.07, 6.45) is 0.699. The molecule has 5 heteroatoms. The van der Waals surface area contributed by atoms with Crippen LogP contribution in [0, 0.1) is 5.92 Å². The van der Waals surface area contributed by atoms with E-state index in [-0.39, 0.29) is 5.92 Å². The fourth-order valence-corrected chi connectivity index (χ4v) is 0.718. The lowest BCUT2D eigenvalue weighted by atomic mass is 10.0. The Morgan fingerprint density at radius 3 is 2.21 bits per heavy atom. The third kappa shape index (κ3) is 3.66. The molecule has 0 radical (unpaired) electrons. The largest absolute Gasteiger partial charge is 0.386 e. The highest BCUT2D eigenvalue weighted by molar-refractivity contribution is 6.34. The number of ether oxygens (including phenoxy) is 1. The summed E-state index contributed by atoms with van der Waals surface area (Å²) in [5, 5.41) is 0. The van der Waals surface area contributed by atoms with E-state index in [0.717, 1.165) is 6.92 Å². The van der Waals surface area contributed by atoms with Gasteiger partial charge in [-0.2, -0.15) is 0 Å². The maximum Gasteiger partial charge on any atom is 0.381 e. The number of rotatable bonds is 4. The number of hydrogen-bond donors (Lipinski definition) is 1. The first-order chi connectivity index (χ1) is 6.40. The van der Waals surface area contributed by atoms with Gasteiger partial charge in [-0.3, -0.25) is 4.79 Å². The van der Waals surface area contributed by atoms with Crippen LogP contribution in [0.1, 0.15) is 27.2 Å². The fourth-order valence-electron chi connectivity index (χ4n) is 0.718. The van der Waals surface area contributed by atoms with Crippen molar-refractivity contribution >= 4 is 17.7 Å². The van der Waals surface area contributed by atoms with E-state index in [1.807, 2.05) is 6.92 Å². The van der Waals surface area contributed by atoms with Gasteiger partial charge < -0.3 is 10.5 Å². The van der Waals surface area contributed by atoms with E-state index in [4.69, 9.17) is 5.73 Å². The quantitative estimate of drug-likeness (QED) is 0.393. The molecule has 0 aliphatic heterocycles. The number of hydrogen-bond acceptors (Lipinski definition) is 5. The Labute approximate surface area is 82.6 Å². The zero-order valence-corrected chi connectivity index (χ0v) is 8.57. The summed E-state index contributed by atoms with van der Waals surface area (Å²) < 4.78 is 4.24. The van der Waals surface area contributed by atoms with Crippen LogP contribution in [0.3, 0.4) is 0 Å². The van der Waals surface area contributed by atoms with Crippen LogP contribution >= 0.6 is 0 Å². The van der Waals surface area contributed by atoms with Crippen LogP contribution in [-0.4, -0.2) is 23.8 Å². The summed E-state index contributed by atoms with van der Waals surface area (Å²) in [7, 11) is 0. The molecular weight excluding hydrogens is 186 g/mol. The van der Waals surface area contributed by atoms with Gasteiger partial charge in [0.15, 0.2) is 0 Å². The zero-order chi connectivity index (χ0) is 11.3. The lowest BCUT2D eigenvalue weighted by Crippen LogP contribution is -2.39. The number of carbonyl (C=O) groups is 3. The molecule has 0 rings (SSSR count). The number of carbonyl (C=O) groups excluding carboxylic acids is 3. The SMILES string of the molecule is CC[C@H](C)[C@H](N)C(=O)OC(=O)C(C)=O. The van der Waals surface area contributed by atoms with Gasteiger partial charge in [-0.25, -0.2) is 9.59 Å². The lowest BCUT2D eigenvalue weighted by molar-refractivity contribution is -0.165. The summed E-state index contributed by atoms with van der Waals surface area (Å²) in [6.45, 7) is 4.67. The lowest BCUT2D eigenvalue weighted by Gasteiger charge is -2.15. The van der Waals surface area contributed by atoms with Crippen LogP contribution < -0.4 is 5.73 Å². The molecule has 80 valence electrons. The van der Waals surface area contributed by atoms with Crippen molar-refractivity contribution in [2.24, 2.45) is 11.7 Å². The Morgan fingerprint density at radius 2 is 1.86 bits per heavy atom. The van der Waals surface area contributed by atoms with Crippen molar-refractivity contribution in [3.05, 3.63) is 0 Å². The number of Topliss-reactive ketones (excluding diaryl/α,β-unsaturated/α-hetero) is 1. The molecule has 0 fully saturated rings. The van der Waals surface area contributed by atoms with E-state index < -0.39 is 23.8 Å². The average Bonchev–Trinajstić information content (AvgIpc) is 2.14. The van der Waals surface area contributed by atoms with Gasteiger partial charge in [0.05, 0.1) is 0 Å². The van der Waals surface area contributed by atoms with Crippen LogP contribution in [0.4, 0.5) is 0 Å². The van der Waals surface area contributed by atoms with Crippen molar-refractivity contribution in [3.63, 3.8) is 0 Å². The van der Waals surface area contributed by atoms with E-state index in [1.54, 1.807) is 6.92 Å². The van der Waals surface area contributed by atoms with Gasteiger partial charge in [-0.15, -0.1) is 0 Å². The van der Waals surface area contributed by atoms with Crippen molar-refractivity contribution in [2.45, 2.75) is 33.2 Å². The first kappa shape index (κ1) is 12.8. The van der Waals surface area contributed by atoms with Gasteiger partial charge in [-0.05, 0) is 5.92 Å². The second-order valence-electron chi connectivity index (χ2n) is 3.18. The standard InChI is InChI=1S/C9H15NO4/c1-4-5(2)7(10)9(13)14-8(12)6(3)11/h5,7H,4,10H2,1-3H3/t5-,7-/m0/s1. The third-order valence-electron chi connectivity index (χ3n) is 2.01. The molecule has 0 heterocycles. The predicted octanol–water partition coefficient (Wildman–Crippen LogP) is 0.0186. The van der Waals surface area contributed by atoms with E-state index >= 15 is 0 Å². The minimum absolute atomic E-state index is 0.0812. The van der Waals surface area contributed by atoms with Gasteiger partial charge >= 0.3 is 11.9 Å². The van der Waals surface area contributed by atoms with Crippen LogP contribution in [0.25, 0.3) is 0 Å². The zero-order valence-electron chi connectivity index (χ0n) is 8.57. The smallest absolute Gasteiger partial charge is 0.381 e. The van der Waals surface area contributed by atoms with Crippen molar-refractivity contribution in [2.75, 3.05) is 0 Å². The van der Waals surface area contributed by atoms with E-state index in [1.165, 1.54) is 0 Å². The Kier molecular flexibility index (Phi) is 5.01. The highest BCUT2D eigenvalue weighted by atomic mass is 16.6. The van der Waals surface area contributed by atoms with Crippen LogP contribution in [-0.2, 0) is 19.1 Å². The number of nitrogens with two attached hydrogens (primary N) is 1.